The first kappa shape index (κ1) is 26.0. The van der Waals surface area contributed by atoms with E-state index in [1.165, 1.54) is 0 Å². The molecule has 28 heavy (non-hydrogen) atoms. The van der Waals surface area contributed by atoms with Crippen LogP contribution >= 0.6 is 0 Å². The van der Waals surface area contributed by atoms with Gasteiger partial charge in [-0.3, -0.25) is 15.3 Å². The van der Waals surface area contributed by atoms with Crippen molar-refractivity contribution in [3.8, 4) is 0 Å². The molecule has 0 spiro atoms. The Hall–Kier alpha value is -1.99. The van der Waals surface area contributed by atoms with Crippen LogP contribution in [-0.2, 0) is 14.6 Å². The first-order valence-electron chi connectivity index (χ1n) is 9.77. The Morgan fingerprint density at radius 3 is 2.07 bits per heavy atom. The van der Waals surface area contributed by atoms with Crippen LogP contribution in [0.2, 0.25) is 0 Å². The average molecular weight is 395 g/mol. The summed E-state index contributed by atoms with van der Waals surface area (Å²) in [6.45, 7) is 2.05. The van der Waals surface area contributed by atoms with E-state index in [1.807, 2.05) is 48.6 Å². The molecule has 0 saturated carbocycles. The van der Waals surface area contributed by atoms with E-state index in [1.54, 1.807) is 12.2 Å². The standard InChI is InChI=1S/C22H34O6/c1-2-3-10-15-20(27-25)16-11-7-5-4-6-8-12-17-21(28-26)18-13-9-14-19-22(23)24/h3,5-8,10-12,16-17,20-21,25-26H,2,4,9,13-15,18-19H2,1H3,(H,23,24). The summed E-state index contributed by atoms with van der Waals surface area (Å²) >= 11 is 0. The summed E-state index contributed by atoms with van der Waals surface area (Å²) in [7, 11) is 0. The van der Waals surface area contributed by atoms with Crippen LogP contribution in [0.5, 0.6) is 0 Å². The smallest absolute Gasteiger partial charge is 0.303 e. The third kappa shape index (κ3) is 17.4. The highest BCUT2D eigenvalue weighted by Crippen LogP contribution is 2.09. The third-order valence-electron chi connectivity index (χ3n) is 3.84. The second-order valence-electron chi connectivity index (χ2n) is 6.26. The van der Waals surface area contributed by atoms with E-state index in [9.17, 15) is 4.79 Å². The van der Waals surface area contributed by atoms with E-state index in [0.717, 1.165) is 25.7 Å². The molecule has 0 aliphatic carbocycles. The first-order valence-corrected chi connectivity index (χ1v) is 9.77. The maximum Gasteiger partial charge on any atom is 0.303 e. The van der Waals surface area contributed by atoms with Crippen molar-refractivity contribution in [1.82, 2.24) is 0 Å². The van der Waals surface area contributed by atoms with Crippen molar-refractivity contribution in [1.29, 1.82) is 0 Å². The summed E-state index contributed by atoms with van der Waals surface area (Å²) < 4.78 is 0. The Kier molecular flexibility index (Phi) is 18.4. The normalized spacial score (nSPS) is 15.0. The van der Waals surface area contributed by atoms with Crippen LogP contribution in [0.15, 0.2) is 60.8 Å². The van der Waals surface area contributed by atoms with Gasteiger partial charge >= 0.3 is 5.97 Å². The van der Waals surface area contributed by atoms with Gasteiger partial charge in [-0.05, 0) is 32.1 Å². The van der Waals surface area contributed by atoms with Crippen LogP contribution in [0, 0.1) is 0 Å². The molecule has 0 aliphatic heterocycles. The molecule has 0 rings (SSSR count). The number of carboxylic acids is 1. The van der Waals surface area contributed by atoms with Crippen molar-refractivity contribution in [2.24, 2.45) is 0 Å². The second kappa shape index (κ2) is 19.8. The minimum absolute atomic E-state index is 0.176. The van der Waals surface area contributed by atoms with Crippen LogP contribution in [0.3, 0.4) is 0 Å². The molecular formula is C22H34O6. The fourth-order valence-corrected chi connectivity index (χ4v) is 2.31. The molecule has 6 nitrogen and oxygen atoms in total. The zero-order valence-electron chi connectivity index (χ0n) is 16.7. The van der Waals surface area contributed by atoms with Crippen LogP contribution < -0.4 is 0 Å². The number of aliphatic carboxylic acids is 1. The predicted octanol–water partition coefficient (Wildman–Crippen LogP) is 5.71. The Morgan fingerprint density at radius 1 is 0.857 bits per heavy atom. The number of allylic oxidation sites excluding steroid dienone is 7. The minimum Gasteiger partial charge on any atom is -0.481 e. The fraction of sp³-hybridized carbons (Fsp3) is 0.500. The monoisotopic (exact) mass is 394 g/mol. The molecule has 0 aromatic heterocycles. The molecule has 0 radical (unpaired) electrons. The van der Waals surface area contributed by atoms with Crippen LogP contribution in [-0.4, -0.2) is 33.8 Å². The van der Waals surface area contributed by atoms with E-state index in [-0.39, 0.29) is 18.6 Å². The van der Waals surface area contributed by atoms with Gasteiger partial charge in [0, 0.05) is 6.42 Å². The van der Waals surface area contributed by atoms with Gasteiger partial charge in [-0.2, -0.15) is 0 Å². The number of rotatable bonds is 17. The van der Waals surface area contributed by atoms with Gasteiger partial charge in [-0.1, -0.05) is 80.5 Å². The lowest BCUT2D eigenvalue weighted by atomic mass is 10.1. The van der Waals surface area contributed by atoms with Crippen molar-refractivity contribution >= 4 is 5.97 Å². The molecular weight excluding hydrogens is 360 g/mol. The fourth-order valence-electron chi connectivity index (χ4n) is 2.31. The molecule has 0 fully saturated rings. The van der Waals surface area contributed by atoms with Crippen molar-refractivity contribution < 1.29 is 30.2 Å². The van der Waals surface area contributed by atoms with Crippen molar-refractivity contribution in [2.45, 2.75) is 70.5 Å². The van der Waals surface area contributed by atoms with Gasteiger partial charge in [0.2, 0.25) is 0 Å². The summed E-state index contributed by atoms with van der Waals surface area (Å²) in [6.07, 6.45) is 23.6. The Balaban J connectivity index is 4.00. The van der Waals surface area contributed by atoms with Gasteiger partial charge < -0.3 is 5.11 Å². The van der Waals surface area contributed by atoms with E-state index >= 15 is 0 Å². The Bertz CT molecular complexity index is 519. The molecule has 0 saturated heterocycles. The predicted molar refractivity (Wildman–Crippen MR) is 111 cm³/mol. The molecule has 6 heteroatoms. The lowest BCUT2D eigenvalue weighted by Gasteiger charge is -2.07. The van der Waals surface area contributed by atoms with Crippen LogP contribution in [0.1, 0.15) is 58.3 Å². The Morgan fingerprint density at radius 2 is 1.50 bits per heavy atom. The maximum absolute atomic E-state index is 10.4. The molecule has 158 valence electrons. The molecule has 0 aromatic carbocycles. The Labute approximate surface area is 168 Å². The van der Waals surface area contributed by atoms with E-state index in [0.29, 0.717) is 19.3 Å². The maximum atomic E-state index is 10.4. The highest BCUT2D eigenvalue weighted by Gasteiger charge is 2.04. The highest BCUT2D eigenvalue weighted by molar-refractivity contribution is 5.66. The quantitative estimate of drug-likeness (QED) is 0.0961. The van der Waals surface area contributed by atoms with Gasteiger partial charge in [-0.15, -0.1) is 0 Å². The molecule has 2 unspecified atom stereocenters. The third-order valence-corrected chi connectivity index (χ3v) is 3.84. The number of hydrogen-bond acceptors (Lipinski definition) is 5. The molecule has 0 heterocycles. The lowest BCUT2D eigenvalue weighted by Crippen LogP contribution is -2.06. The number of carbonyl (C=O) groups is 1. The summed E-state index contributed by atoms with van der Waals surface area (Å²) in [5.41, 5.74) is 0. The molecule has 0 aromatic rings. The summed E-state index contributed by atoms with van der Waals surface area (Å²) in [5, 5.41) is 26.3. The topological polar surface area (TPSA) is 96.2 Å². The molecule has 2 atom stereocenters. The zero-order valence-corrected chi connectivity index (χ0v) is 16.7. The number of unbranched alkanes of at least 4 members (excludes halogenated alkanes) is 2. The van der Waals surface area contributed by atoms with Gasteiger partial charge in [0.25, 0.3) is 0 Å². The summed E-state index contributed by atoms with van der Waals surface area (Å²) in [4.78, 5) is 19.2. The second-order valence-corrected chi connectivity index (χ2v) is 6.26. The molecule has 0 amide bonds. The van der Waals surface area contributed by atoms with Gasteiger partial charge in [-0.25, -0.2) is 9.78 Å². The average Bonchev–Trinajstić information content (AvgIpc) is 2.69. The van der Waals surface area contributed by atoms with Crippen molar-refractivity contribution in [2.75, 3.05) is 0 Å². The van der Waals surface area contributed by atoms with Gasteiger partial charge in [0.15, 0.2) is 0 Å². The van der Waals surface area contributed by atoms with E-state index in [2.05, 4.69) is 16.7 Å². The first-order chi connectivity index (χ1) is 13.6. The number of carboxylic acid groups (broad SMARTS) is 1. The largest absolute Gasteiger partial charge is 0.481 e. The van der Waals surface area contributed by atoms with Crippen LogP contribution in [0.4, 0.5) is 0 Å². The minimum atomic E-state index is -0.782. The molecule has 3 N–H and O–H groups in total. The highest BCUT2D eigenvalue weighted by atomic mass is 17.1. The SMILES string of the molecule is CCC=CCC(C=CC=CCC=CC=CC(CCCCCC(=O)O)OO)OO. The molecule has 0 bridgehead atoms. The van der Waals surface area contributed by atoms with Crippen molar-refractivity contribution in [3.05, 3.63) is 60.8 Å². The summed E-state index contributed by atoms with van der Waals surface area (Å²) in [5.74, 6) is -0.782. The van der Waals surface area contributed by atoms with Gasteiger partial charge in [0.1, 0.15) is 12.2 Å². The zero-order chi connectivity index (χ0) is 20.9. The molecule has 0 aliphatic rings. The summed E-state index contributed by atoms with van der Waals surface area (Å²) in [6, 6.07) is 0. The van der Waals surface area contributed by atoms with Crippen LogP contribution in [0.25, 0.3) is 0 Å². The van der Waals surface area contributed by atoms with E-state index in [4.69, 9.17) is 15.6 Å². The lowest BCUT2D eigenvalue weighted by molar-refractivity contribution is -0.267. The number of hydrogen-bond donors (Lipinski definition) is 3. The van der Waals surface area contributed by atoms with Crippen molar-refractivity contribution in [3.63, 3.8) is 0 Å². The van der Waals surface area contributed by atoms with E-state index < -0.39 is 5.97 Å². The van der Waals surface area contributed by atoms with Gasteiger partial charge in [0.05, 0.1) is 0 Å².